The normalized spacial score (nSPS) is 11.3. The number of halogens is 3. The average Bonchev–Trinajstić information content (AvgIpc) is 3.79. The van der Waals surface area contributed by atoms with Crippen LogP contribution in [-0.2, 0) is 6.61 Å². The lowest BCUT2D eigenvalue weighted by atomic mass is 10.2. The van der Waals surface area contributed by atoms with Gasteiger partial charge < -0.3 is 9.84 Å². The summed E-state index contributed by atoms with van der Waals surface area (Å²) < 4.78 is 22.8. The second-order valence-electron chi connectivity index (χ2n) is 12.0. The molecule has 0 amide bonds. The van der Waals surface area contributed by atoms with E-state index in [-0.39, 0.29) is 11.6 Å². The van der Waals surface area contributed by atoms with Gasteiger partial charge in [-0.15, -0.1) is 20.4 Å². The molecular weight excluding hydrogens is 702 g/mol. The van der Waals surface area contributed by atoms with Crippen molar-refractivity contribution in [2.45, 2.75) is 20.5 Å². The minimum Gasteiger partial charge on any atom is -0.508 e. The maximum atomic E-state index is 13.1. The Morgan fingerprint density at radius 2 is 1.15 bits per heavy atom. The number of nitrogens with zero attached hydrogens (tertiary/aromatic N) is 8. The molecule has 9 aromatic rings. The van der Waals surface area contributed by atoms with Crippen molar-refractivity contribution in [3.63, 3.8) is 0 Å². The van der Waals surface area contributed by atoms with E-state index in [0.717, 1.165) is 44.6 Å². The van der Waals surface area contributed by atoms with Crippen LogP contribution in [0.1, 0.15) is 17.0 Å². The van der Waals surface area contributed by atoms with Crippen LogP contribution in [0.4, 0.5) is 4.39 Å². The first-order valence-electron chi connectivity index (χ1n) is 16.1. The summed E-state index contributed by atoms with van der Waals surface area (Å²) >= 11 is 12.7. The summed E-state index contributed by atoms with van der Waals surface area (Å²) in [6.07, 6.45) is 0. The minimum atomic E-state index is -0.267. The average molecular weight is 730 g/mol. The number of aryl methyl sites for hydroxylation is 2. The van der Waals surface area contributed by atoms with E-state index in [2.05, 4.69) is 30.4 Å². The summed E-state index contributed by atoms with van der Waals surface area (Å²) in [7, 11) is 0. The van der Waals surface area contributed by atoms with Gasteiger partial charge >= 0.3 is 0 Å². The lowest BCUT2D eigenvalue weighted by molar-refractivity contribution is 0.306. The van der Waals surface area contributed by atoms with Crippen molar-refractivity contribution >= 4 is 56.6 Å². The molecule has 5 aromatic carbocycles. The molecule has 256 valence electrons. The molecule has 0 bridgehead atoms. The Hall–Kier alpha value is -6.17. The van der Waals surface area contributed by atoms with Gasteiger partial charge in [-0.25, -0.2) is 14.4 Å². The number of aromatic nitrogens is 8. The number of hydrogen-bond donors (Lipinski definition) is 1. The van der Waals surface area contributed by atoms with E-state index >= 15 is 0 Å². The second kappa shape index (κ2) is 13.5. The van der Waals surface area contributed by atoms with Gasteiger partial charge in [0.2, 0.25) is 0 Å². The lowest BCUT2D eigenvalue weighted by Gasteiger charge is -2.10. The van der Waals surface area contributed by atoms with E-state index in [1.165, 1.54) is 12.1 Å². The minimum absolute atomic E-state index is 0.172. The maximum absolute atomic E-state index is 13.1. The van der Waals surface area contributed by atoms with Gasteiger partial charge in [0.1, 0.15) is 23.9 Å². The summed E-state index contributed by atoms with van der Waals surface area (Å²) in [5.74, 6) is 1.89. The van der Waals surface area contributed by atoms with Crippen LogP contribution < -0.4 is 4.74 Å². The third kappa shape index (κ3) is 6.10. The van der Waals surface area contributed by atoms with Gasteiger partial charge in [0.15, 0.2) is 22.9 Å². The lowest BCUT2D eigenvalue weighted by Crippen LogP contribution is -1.99. The van der Waals surface area contributed by atoms with Crippen LogP contribution in [0.2, 0.25) is 10.0 Å². The number of ether oxygens (including phenoxy) is 1. The molecule has 0 aliphatic heterocycles. The van der Waals surface area contributed by atoms with Gasteiger partial charge in [0.05, 0.1) is 43.5 Å². The first-order valence-corrected chi connectivity index (χ1v) is 16.9. The topological polar surface area (TPSA) is 116 Å². The number of phenolic OH excluding ortho intramolecular Hbond substituents is 1. The molecule has 0 saturated carbocycles. The van der Waals surface area contributed by atoms with Gasteiger partial charge in [0, 0.05) is 23.3 Å². The summed E-state index contributed by atoms with van der Waals surface area (Å²) in [5.41, 5.74) is 8.44. The van der Waals surface area contributed by atoms with E-state index in [9.17, 15) is 9.50 Å². The van der Waals surface area contributed by atoms with Crippen molar-refractivity contribution in [3.05, 3.63) is 142 Å². The molecule has 0 atom stereocenters. The summed E-state index contributed by atoms with van der Waals surface area (Å²) in [5, 5.41) is 28.1. The fourth-order valence-electron chi connectivity index (χ4n) is 6.00. The molecule has 0 aliphatic rings. The van der Waals surface area contributed by atoms with Crippen LogP contribution in [0.15, 0.2) is 109 Å². The fourth-order valence-corrected chi connectivity index (χ4v) is 6.44. The van der Waals surface area contributed by atoms with Crippen LogP contribution in [-0.4, -0.2) is 44.3 Å². The number of hydrogen-bond acceptors (Lipinski definition) is 8. The smallest absolute Gasteiger partial charge is 0.183 e. The molecule has 0 radical (unpaired) electrons. The number of rotatable bonds is 5. The van der Waals surface area contributed by atoms with E-state index in [4.69, 9.17) is 27.9 Å². The van der Waals surface area contributed by atoms with Crippen molar-refractivity contribution in [3.8, 4) is 34.3 Å². The zero-order valence-corrected chi connectivity index (χ0v) is 29.2. The molecule has 4 aromatic heterocycles. The second-order valence-corrected chi connectivity index (χ2v) is 12.8. The summed E-state index contributed by atoms with van der Waals surface area (Å²) in [4.78, 5) is 9.15. The standard InChI is InChI=1S/C23H16ClFN4O.C16H11ClN4O/c1-14-22-27-28-23(18-4-2-3-5-19(18)24)29(22)21-11-10-17(12-20(21)26-14)30-13-15-6-8-16(25)9-7-15;1-9-15-19-20-16(11-4-2-3-5-12(11)17)21(15)14-7-6-10(22)8-13(14)18-9/h2-12H,13H2,1H3;2-8,22H,1H3. The van der Waals surface area contributed by atoms with Crippen LogP contribution in [0, 0.1) is 19.7 Å². The van der Waals surface area contributed by atoms with Crippen molar-refractivity contribution in [1.82, 2.24) is 39.2 Å². The van der Waals surface area contributed by atoms with Crippen LogP contribution >= 0.6 is 23.2 Å². The monoisotopic (exact) mass is 728 g/mol. The zero-order chi connectivity index (χ0) is 35.9. The SMILES string of the molecule is Cc1nc2cc(O)ccc2n2c(-c3ccccc3Cl)nnc12.Cc1nc2cc(OCc3ccc(F)cc3)ccc2n2c(-c3ccccc3Cl)nnc12. The molecule has 0 fully saturated rings. The van der Waals surface area contributed by atoms with E-state index in [0.29, 0.717) is 50.9 Å². The number of fused-ring (bicyclic) bond motifs is 6. The Bertz CT molecular complexity index is 2790. The summed E-state index contributed by atoms with van der Waals surface area (Å²) in [6, 6.07) is 32.0. The third-order valence-electron chi connectivity index (χ3n) is 8.49. The van der Waals surface area contributed by atoms with Crippen LogP contribution in [0.3, 0.4) is 0 Å². The Morgan fingerprint density at radius 3 is 1.71 bits per heavy atom. The predicted molar refractivity (Wildman–Crippen MR) is 199 cm³/mol. The zero-order valence-electron chi connectivity index (χ0n) is 27.7. The molecule has 0 aliphatic carbocycles. The molecule has 10 nitrogen and oxygen atoms in total. The quantitative estimate of drug-likeness (QED) is 0.187. The molecule has 52 heavy (non-hydrogen) atoms. The fraction of sp³-hybridized carbons (Fsp3) is 0.0769. The molecule has 9 rings (SSSR count). The van der Waals surface area contributed by atoms with Crippen LogP contribution in [0.5, 0.6) is 11.5 Å². The first-order chi connectivity index (χ1) is 25.2. The third-order valence-corrected chi connectivity index (χ3v) is 9.14. The van der Waals surface area contributed by atoms with Crippen molar-refractivity contribution < 1.29 is 14.2 Å². The molecule has 0 unspecified atom stereocenters. The maximum Gasteiger partial charge on any atom is 0.183 e. The van der Waals surface area contributed by atoms with Gasteiger partial charge in [-0.05, 0) is 80.1 Å². The Morgan fingerprint density at radius 1 is 0.635 bits per heavy atom. The number of benzene rings is 5. The Labute approximate surface area is 305 Å². The highest BCUT2D eigenvalue weighted by Gasteiger charge is 2.18. The molecule has 0 spiro atoms. The number of phenols is 1. The van der Waals surface area contributed by atoms with E-state index in [1.54, 1.807) is 30.3 Å². The van der Waals surface area contributed by atoms with Gasteiger partial charge in [-0.3, -0.25) is 8.80 Å². The predicted octanol–water partition coefficient (Wildman–Crippen LogP) is 9.24. The van der Waals surface area contributed by atoms with Crippen LogP contribution in [0.25, 0.3) is 56.1 Å². The summed E-state index contributed by atoms with van der Waals surface area (Å²) in [6.45, 7) is 4.10. The van der Waals surface area contributed by atoms with E-state index in [1.807, 2.05) is 89.4 Å². The van der Waals surface area contributed by atoms with Crippen molar-refractivity contribution in [2.24, 2.45) is 0 Å². The Balaban J connectivity index is 0.000000156. The first kappa shape index (κ1) is 33.0. The largest absolute Gasteiger partial charge is 0.508 e. The molecule has 0 saturated heterocycles. The van der Waals surface area contributed by atoms with E-state index < -0.39 is 0 Å². The number of aromatic hydroxyl groups is 1. The van der Waals surface area contributed by atoms with Crippen molar-refractivity contribution in [1.29, 1.82) is 0 Å². The Kier molecular flexibility index (Phi) is 8.58. The molecule has 13 heteroatoms. The highest BCUT2D eigenvalue weighted by atomic mass is 35.5. The van der Waals surface area contributed by atoms with Crippen molar-refractivity contribution in [2.75, 3.05) is 0 Å². The highest BCUT2D eigenvalue weighted by Crippen LogP contribution is 2.32. The van der Waals surface area contributed by atoms with Gasteiger partial charge in [-0.1, -0.05) is 59.6 Å². The highest BCUT2D eigenvalue weighted by molar-refractivity contribution is 6.33. The molecule has 1 N–H and O–H groups in total. The van der Waals surface area contributed by atoms with Gasteiger partial charge in [-0.2, -0.15) is 0 Å². The molecule has 4 heterocycles. The molecular formula is C39H27Cl2FN8O2. The van der Waals surface area contributed by atoms with Gasteiger partial charge in [0.25, 0.3) is 0 Å².